The first-order chi connectivity index (χ1) is 9.72. The zero-order valence-corrected chi connectivity index (χ0v) is 11.7. The van der Waals surface area contributed by atoms with E-state index in [0.717, 1.165) is 12.2 Å². The molecule has 0 aromatic heterocycles. The van der Waals surface area contributed by atoms with Gasteiger partial charge in [-0.1, -0.05) is 12.1 Å². The van der Waals surface area contributed by atoms with Crippen LogP contribution in [0.2, 0.25) is 0 Å². The molecule has 0 saturated heterocycles. The molecule has 0 spiro atoms. The van der Waals surface area contributed by atoms with Crippen molar-refractivity contribution in [3.63, 3.8) is 0 Å². The molecule has 2 aromatic rings. The predicted molar refractivity (Wildman–Crippen MR) is 78.1 cm³/mol. The third kappa shape index (κ3) is 3.63. The van der Waals surface area contributed by atoms with Crippen molar-refractivity contribution in [3.8, 4) is 11.5 Å². The van der Waals surface area contributed by atoms with Gasteiger partial charge in [0.25, 0.3) is 0 Å². The van der Waals surface area contributed by atoms with Crippen molar-refractivity contribution in [3.05, 3.63) is 53.8 Å². The molecule has 106 valence electrons. The summed E-state index contributed by atoms with van der Waals surface area (Å²) in [6, 6.07) is 12.6. The third-order valence-electron chi connectivity index (χ3n) is 3.06. The van der Waals surface area contributed by atoms with Crippen LogP contribution >= 0.6 is 0 Å². The van der Waals surface area contributed by atoms with Crippen molar-refractivity contribution in [2.45, 2.75) is 6.42 Å². The van der Waals surface area contributed by atoms with E-state index in [-0.39, 0.29) is 5.82 Å². The first kappa shape index (κ1) is 14.2. The number of rotatable bonds is 6. The van der Waals surface area contributed by atoms with Gasteiger partial charge in [-0.05, 0) is 36.2 Å². The Kier molecular flexibility index (Phi) is 4.82. The van der Waals surface area contributed by atoms with Crippen LogP contribution in [-0.4, -0.2) is 20.8 Å². The summed E-state index contributed by atoms with van der Waals surface area (Å²) in [5, 5.41) is 3.08. The Balaban J connectivity index is 1.88. The summed E-state index contributed by atoms with van der Waals surface area (Å²) < 4.78 is 23.8. The smallest absolute Gasteiger partial charge is 0.149 e. The molecule has 0 amide bonds. The van der Waals surface area contributed by atoms with E-state index in [0.29, 0.717) is 18.0 Å². The number of hydrogen-bond acceptors (Lipinski definition) is 3. The molecule has 3 nitrogen and oxygen atoms in total. The molecule has 0 saturated carbocycles. The molecule has 2 rings (SSSR count). The minimum absolute atomic E-state index is 0.306. The standard InChI is InChI=1S/C16H18FNO2/c1-19-13-5-3-12(4-6-13)9-10-18-16-8-7-14(20-2)11-15(16)17/h3-8,11,18H,9-10H2,1-2H3. The maximum Gasteiger partial charge on any atom is 0.149 e. The second kappa shape index (κ2) is 6.80. The van der Waals surface area contributed by atoms with Crippen molar-refractivity contribution in [1.29, 1.82) is 0 Å². The van der Waals surface area contributed by atoms with Crippen molar-refractivity contribution >= 4 is 5.69 Å². The van der Waals surface area contributed by atoms with E-state index in [2.05, 4.69) is 5.32 Å². The highest BCUT2D eigenvalue weighted by atomic mass is 19.1. The maximum atomic E-state index is 13.7. The molecule has 20 heavy (non-hydrogen) atoms. The van der Waals surface area contributed by atoms with Crippen LogP contribution in [0.5, 0.6) is 11.5 Å². The van der Waals surface area contributed by atoms with Crippen molar-refractivity contribution in [2.75, 3.05) is 26.1 Å². The van der Waals surface area contributed by atoms with Crippen molar-refractivity contribution in [2.24, 2.45) is 0 Å². The highest BCUT2D eigenvalue weighted by Crippen LogP contribution is 2.20. The zero-order valence-electron chi connectivity index (χ0n) is 11.7. The molecule has 4 heteroatoms. The van der Waals surface area contributed by atoms with E-state index >= 15 is 0 Å². The summed E-state index contributed by atoms with van der Waals surface area (Å²) in [6.07, 6.45) is 0.815. The number of ether oxygens (including phenoxy) is 2. The Morgan fingerprint density at radius 3 is 2.20 bits per heavy atom. The minimum Gasteiger partial charge on any atom is -0.497 e. The van der Waals surface area contributed by atoms with Crippen LogP contribution in [0.4, 0.5) is 10.1 Å². The van der Waals surface area contributed by atoms with Crippen molar-refractivity contribution < 1.29 is 13.9 Å². The molecular weight excluding hydrogens is 257 g/mol. The molecule has 0 fully saturated rings. The fourth-order valence-corrected chi connectivity index (χ4v) is 1.90. The van der Waals surface area contributed by atoms with E-state index < -0.39 is 0 Å². The number of methoxy groups -OCH3 is 2. The monoisotopic (exact) mass is 275 g/mol. The quantitative estimate of drug-likeness (QED) is 0.875. The molecule has 0 aliphatic heterocycles. The van der Waals surface area contributed by atoms with Gasteiger partial charge in [-0.2, -0.15) is 0 Å². The molecule has 0 aliphatic rings. The molecule has 0 radical (unpaired) electrons. The van der Waals surface area contributed by atoms with Crippen LogP contribution in [0.3, 0.4) is 0 Å². The lowest BCUT2D eigenvalue weighted by Gasteiger charge is -2.09. The van der Waals surface area contributed by atoms with E-state index in [1.54, 1.807) is 19.2 Å². The molecule has 1 N–H and O–H groups in total. The number of hydrogen-bond donors (Lipinski definition) is 1. The second-order valence-corrected chi connectivity index (χ2v) is 4.37. The van der Waals surface area contributed by atoms with Gasteiger partial charge in [0.05, 0.1) is 19.9 Å². The average Bonchev–Trinajstić information content (AvgIpc) is 2.49. The lowest BCUT2D eigenvalue weighted by Crippen LogP contribution is -2.06. The molecule has 0 bridgehead atoms. The summed E-state index contributed by atoms with van der Waals surface area (Å²) in [5.74, 6) is 1.05. The number of nitrogens with one attached hydrogen (secondary N) is 1. The predicted octanol–water partition coefficient (Wildman–Crippen LogP) is 3.50. The van der Waals surface area contributed by atoms with Gasteiger partial charge in [0.1, 0.15) is 17.3 Å². The Bertz CT molecular complexity index is 555. The van der Waals surface area contributed by atoms with Crippen LogP contribution in [0, 0.1) is 5.82 Å². The SMILES string of the molecule is COc1ccc(CCNc2ccc(OC)cc2F)cc1. The highest BCUT2D eigenvalue weighted by Gasteiger charge is 2.03. The summed E-state index contributed by atoms with van der Waals surface area (Å²) in [5.41, 5.74) is 1.66. The second-order valence-electron chi connectivity index (χ2n) is 4.37. The lowest BCUT2D eigenvalue weighted by molar-refractivity contribution is 0.411. The zero-order chi connectivity index (χ0) is 14.4. The van der Waals surface area contributed by atoms with Crippen LogP contribution in [0.1, 0.15) is 5.56 Å². The fourth-order valence-electron chi connectivity index (χ4n) is 1.90. The third-order valence-corrected chi connectivity index (χ3v) is 3.06. The number of anilines is 1. The van der Waals surface area contributed by atoms with Gasteiger partial charge in [0, 0.05) is 12.6 Å². The van der Waals surface area contributed by atoms with E-state index in [4.69, 9.17) is 9.47 Å². The van der Waals surface area contributed by atoms with Crippen LogP contribution < -0.4 is 14.8 Å². The number of halogens is 1. The Labute approximate surface area is 118 Å². The normalized spacial score (nSPS) is 10.2. The fraction of sp³-hybridized carbons (Fsp3) is 0.250. The summed E-state index contributed by atoms with van der Waals surface area (Å²) in [4.78, 5) is 0. The Morgan fingerprint density at radius 2 is 1.60 bits per heavy atom. The van der Waals surface area contributed by atoms with E-state index in [1.807, 2.05) is 24.3 Å². The summed E-state index contributed by atoms with van der Waals surface area (Å²) >= 11 is 0. The molecule has 0 atom stereocenters. The van der Waals surface area contributed by atoms with Gasteiger partial charge in [-0.25, -0.2) is 4.39 Å². The van der Waals surface area contributed by atoms with E-state index in [9.17, 15) is 4.39 Å². The van der Waals surface area contributed by atoms with E-state index in [1.165, 1.54) is 18.7 Å². The first-order valence-electron chi connectivity index (χ1n) is 6.43. The Hall–Kier alpha value is -2.23. The lowest BCUT2D eigenvalue weighted by atomic mass is 10.1. The molecule has 0 aliphatic carbocycles. The van der Waals surface area contributed by atoms with Gasteiger partial charge in [-0.15, -0.1) is 0 Å². The average molecular weight is 275 g/mol. The summed E-state index contributed by atoms with van der Waals surface area (Å²) in [7, 11) is 3.16. The largest absolute Gasteiger partial charge is 0.497 e. The molecular formula is C16H18FNO2. The molecule has 0 unspecified atom stereocenters. The van der Waals surface area contributed by atoms with Crippen LogP contribution in [-0.2, 0) is 6.42 Å². The van der Waals surface area contributed by atoms with Crippen LogP contribution in [0.25, 0.3) is 0 Å². The summed E-state index contributed by atoms with van der Waals surface area (Å²) in [6.45, 7) is 0.662. The minimum atomic E-state index is -0.306. The highest BCUT2D eigenvalue weighted by molar-refractivity contribution is 5.48. The van der Waals surface area contributed by atoms with Gasteiger partial charge in [-0.3, -0.25) is 0 Å². The Morgan fingerprint density at radius 1 is 0.950 bits per heavy atom. The van der Waals surface area contributed by atoms with Gasteiger partial charge >= 0.3 is 0 Å². The molecule has 2 aromatic carbocycles. The number of benzene rings is 2. The van der Waals surface area contributed by atoms with Crippen molar-refractivity contribution in [1.82, 2.24) is 0 Å². The molecule has 0 heterocycles. The van der Waals surface area contributed by atoms with Gasteiger partial charge in [0.15, 0.2) is 0 Å². The topological polar surface area (TPSA) is 30.5 Å². The first-order valence-corrected chi connectivity index (χ1v) is 6.43. The maximum absolute atomic E-state index is 13.7. The van der Waals surface area contributed by atoms with Gasteiger partial charge < -0.3 is 14.8 Å². The van der Waals surface area contributed by atoms with Gasteiger partial charge in [0.2, 0.25) is 0 Å². The van der Waals surface area contributed by atoms with Crippen LogP contribution in [0.15, 0.2) is 42.5 Å².